The van der Waals surface area contributed by atoms with Crippen LogP contribution in [0.5, 0.6) is 17.2 Å². The number of nitrogens with one attached hydrogen (secondary N) is 1. The van der Waals surface area contributed by atoms with E-state index in [0.29, 0.717) is 39.5 Å². The van der Waals surface area contributed by atoms with Crippen LogP contribution < -0.4 is 19.7 Å². The Labute approximate surface area is 192 Å². The zero-order valence-corrected chi connectivity index (χ0v) is 19.9. The van der Waals surface area contributed by atoms with Crippen molar-refractivity contribution in [1.82, 2.24) is 9.79 Å². The van der Waals surface area contributed by atoms with E-state index in [9.17, 15) is 23.5 Å². The number of amides is 1. The highest BCUT2D eigenvalue weighted by Crippen LogP contribution is 2.36. The summed E-state index contributed by atoms with van der Waals surface area (Å²) in [6.45, 7) is 6.08. The highest BCUT2D eigenvalue weighted by molar-refractivity contribution is 7.89. The van der Waals surface area contributed by atoms with Gasteiger partial charge in [-0.15, -0.1) is 0 Å². The van der Waals surface area contributed by atoms with Gasteiger partial charge in [-0.05, 0) is 68.1 Å². The molecular weight excluding hydrogens is 452 g/mol. The van der Waals surface area contributed by atoms with Gasteiger partial charge >= 0.3 is 0 Å². The topological polar surface area (TPSA) is 135 Å². The Hall–Kier alpha value is -2.86. The number of rotatable bonds is 8. The van der Waals surface area contributed by atoms with Crippen LogP contribution in [-0.2, 0) is 21.4 Å². The molecule has 0 aromatic heterocycles. The normalized spacial score (nSPS) is 14.8. The minimum Gasteiger partial charge on any atom is -0.496 e. The number of aliphatic hydroxyl groups excluding tert-OH is 1. The summed E-state index contributed by atoms with van der Waals surface area (Å²) < 4.78 is 44.9. The SMILES string of the molecule is COc1cc(C)c(S(=O)(=O)N(Cc2ccc3c(c2)OCO3)[C@@H](C(=O)NO)[C@H](C)O)c(C)c1C. The lowest BCUT2D eigenvalue weighted by molar-refractivity contribution is -0.136. The van der Waals surface area contributed by atoms with Crippen LogP contribution in [0.2, 0.25) is 0 Å². The van der Waals surface area contributed by atoms with Gasteiger partial charge in [0.2, 0.25) is 16.8 Å². The van der Waals surface area contributed by atoms with Crippen molar-refractivity contribution in [3.05, 3.63) is 46.5 Å². The van der Waals surface area contributed by atoms with Gasteiger partial charge in [0, 0.05) is 6.54 Å². The number of hydrogen-bond acceptors (Lipinski definition) is 8. The fourth-order valence-corrected chi connectivity index (χ4v) is 6.09. The highest BCUT2D eigenvalue weighted by atomic mass is 32.2. The van der Waals surface area contributed by atoms with Gasteiger partial charge in [0.1, 0.15) is 11.8 Å². The van der Waals surface area contributed by atoms with Crippen molar-refractivity contribution in [1.29, 1.82) is 0 Å². The Balaban J connectivity index is 2.18. The van der Waals surface area contributed by atoms with E-state index in [4.69, 9.17) is 14.2 Å². The molecule has 3 rings (SSSR count). The maximum atomic E-state index is 14.0. The predicted molar refractivity (Wildman–Crippen MR) is 118 cm³/mol. The van der Waals surface area contributed by atoms with E-state index in [2.05, 4.69) is 0 Å². The second-order valence-corrected chi connectivity index (χ2v) is 9.70. The third-order valence-electron chi connectivity index (χ3n) is 5.69. The monoisotopic (exact) mass is 480 g/mol. The Morgan fingerprint density at radius 1 is 1.18 bits per heavy atom. The molecule has 0 fully saturated rings. The number of carbonyl (C=O) groups is 1. The number of sulfonamides is 1. The third-order valence-corrected chi connectivity index (χ3v) is 7.80. The Bertz CT molecular complexity index is 1160. The summed E-state index contributed by atoms with van der Waals surface area (Å²) >= 11 is 0. The van der Waals surface area contributed by atoms with Crippen LogP contribution in [0.1, 0.15) is 29.2 Å². The molecule has 180 valence electrons. The Morgan fingerprint density at radius 3 is 2.45 bits per heavy atom. The summed E-state index contributed by atoms with van der Waals surface area (Å²) in [7, 11) is -2.85. The van der Waals surface area contributed by atoms with Crippen LogP contribution in [-0.4, -0.2) is 55.0 Å². The van der Waals surface area contributed by atoms with E-state index in [-0.39, 0.29) is 18.2 Å². The molecule has 0 bridgehead atoms. The maximum Gasteiger partial charge on any atom is 0.264 e. The number of methoxy groups -OCH3 is 1. The third kappa shape index (κ3) is 4.62. The van der Waals surface area contributed by atoms with Crippen molar-refractivity contribution in [2.24, 2.45) is 0 Å². The van der Waals surface area contributed by atoms with Crippen molar-refractivity contribution in [2.75, 3.05) is 13.9 Å². The summed E-state index contributed by atoms with van der Waals surface area (Å²) in [5.74, 6) is 0.435. The van der Waals surface area contributed by atoms with Crippen molar-refractivity contribution >= 4 is 15.9 Å². The lowest BCUT2D eigenvalue weighted by atomic mass is 10.1. The molecule has 0 saturated carbocycles. The quantitative estimate of drug-likeness (QED) is 0.385. The second-order valence-electron chi connectivity index (χ2n) is 7.87. The number of fused-ring (bicyclic) bond motifs is 1. The Kier molecular flexibility index (Phi) is 7.17. The molecule has 2 atom stereocenters. The molecule has 2 aromatic rings. The molecule has 11 heteroatoms. The average molecular weight is 481 g/mol. The molecule has 0 aliphatic carbocycles. The molecule has 0 unspecified atom stereocenters. The molecule has 33 heavy (non-hydrogen) atoms. The first-order chi connectivity index (χ1) is 15.5. The molecule has 1 aliphatic rings. The highest BCUT2D eigenvalue weighted by Gasteiger charge is 2.40. The molecule has 1 aliphatic heterocycles. The van der Waals surface area contributed by atoms with Gasteiger partial charge < -0.3 is 19.3 Å². The van der Waals surface area contributed by atoms with Crippen LogP contribution in [0.25, 0.3) is 0 Å². The molecular formula is C22H28N2O8S. The summed E-state index contributed by atoms with van der Waals surface area (Å²) in [5.41, 5.74) is 3.47. The number of aliphatic hydroxyl groups is 1. The van der Waals surface area contributed by atoms with Gasteiger partial charge in [-0.1, -0.05) is 6.07 Å². The van der Waals surface area contributed by atoms with Crippen LogP contribution in [0.3, 0.4) is 0 Å². The van der Waals surface area contributed by atoms with E-state index in [1.807, 2.05) is 0 Å². The maximum absolute atomic E-state index is 14.0. The number of benzene rings is 2. The van der Waals surface area contributed by atoms with Gasteiger partial charge in [0.05, 0.1) is 18.1 Å². The molecule has 3 N–H and O–H groups in total. The number of hydroxylamine groups is 1. The fourth-order valence-electron chi connectivity index (χ4n) is 3.96. The van der Waals surface area contributed by atoms with Crippen LogP contribution in [0, 0.1) is 20.8 Å². The van der Waals surface area contributed by atoms with Crippen molar-refractivity contribution in [3.8, 4) is 17.2 Å². The number of aryl methyl sites for hydroxylation is 1. The minimum atomic E-state index is -4.35. The molecule has 1 amide bonds. The molecule has 10 nitrogen and oxygen atoms in total. The molecule has 2 aromatic carbocycles. The van der Waals surface area contributed by atoms with Gasteiger partial charge in [0.25, 0.3) is 5.91 Å². The molecule has 1 heterocycles. The largest absolute Gasteiger partial charge is 0.496 e. The van der Waals surface area contributed by atoms with Crippen LogP contribution in [0.4, 0.5) is 0 Å². The van der Waals surface area contributed by atoms with E-state index in [1.54, 1.807) is 45.0 Å². The lowest BCUT2D eigenvalue weighted by Crippen LogP contribution is -2.54. The van der Waals surface area contributed by atoms with Crippen molar-refractivity contribution in [3.63, 3.8) is 0 Å². The van der Waals surface area contributed by atoms with Crippen LogP contribution in [0.15, 0.2) is 29.2 Å². The minimum absolute atomic E-state index is 0.00191. The zero-order chi connectivity index (χ0) is 24.5. The van der Waals surface area contributed by atoms with Gasteiger partial charge in [-0.2, -0.15) is 4.31 Å². The Morgan fingerprint density at radius 2 is 1.85 bits per heavy atom. The molecule has 0 radical (unpaired) electrons. The number of nitrogens with zero attached hydrogens (tertiary/aromatic N) is 1. The summed E-state index contributed by atoms with van der Waals surface area (Å²) in [6, 6.07) is 4.90. The first-order valence-corrected chi connectivity index (χ1v) is 11.6. The van der Waals surface area contributed by atoms with Gasteiger partial charge in [0.15, 0.2) is 11.5 Å². The molecule has 0 spiro atoms. The van der Waals surface area contributed by atoms with Gasteiger partial charge in [-0.25, -0.2) is 13.9 Å². The smallest absolute Gasteiger partial charge is 0.264 e. The van der Waals surface area contributed by atoms with E-state index >= 15 is 0 Å². The second kappa shape index (κ2) is 9.56. The number of hydrogen-bond donors (Lipinski definition) is 3. The standard InChI is InChI=1S/C22H28N2O8S/c1-12-8-18(30-5)13(2)14(3)21(12)33(28,29)24(20(15(4)25)22(26)23-27)10-16-6-7-17-19(9-16)32-11-31-17/h6-9,15,20,25,27H,10-11H2,1-5H3,(H,23,26)/t15-,20+/m0/s1. The summed E-state index contributed by atoms with van der Waals surface area (Å²) in [4.78, 5) is 12.5. The average Bonchev–Trinajstić information content (AvgIpc) is 3.23. The lowest BCUT2D eigenvalue weighted by Gasteiger charge is -2.32. The van der Waals surface area contributed by atoms with Crippen molar-refractivity contribution < 1.29 is 37.7 Å². The van der Waals surface area contributed by atoms with E-state index < -0.39 is 28.1 Å². The summed E-state index contributed by atoms with van der Waals surface area (Å²) in [6.07, 6.45) is -1.43. The fraction of sp³-hybridized carbons (Fsp3) is 0.409. The van der Waals surface area contributed by atoms with E-state index in [1.165, 1.54) is 19.5 Å². The first kappa shape index (κ1) is 24.8. The molecule has 0 saturated heterocycles. The van der Waals surface area contributed by atoms with E-state index in [0.717, 1.165) is 4.31 Å². The first-order valence-electron chi connectivity index (χ1n) is 10.2. The van der Waals surface area contributed by atoms with Gasteiger partial charge in [-0.3, -0.25) is 10.0 Å². The summed E-state index contributed by atoms with van der Waals surface area (Å²) in [5, 5.41) is 19.6. The zero-order valence-electron chi connectivity index (χ0n) is 19.1. The number of carbonyl (C=O) groups excluding carboxylic acids is 1. The van der Waals surface area contributed by atoms with Crippen molar-refractivity contribution in [2.45, 2.75) is 51.3 Å². The van der Waals surface area contributed by atoms with Crippen LogP contribution >= 0.6 is 0 Å². The number of ether oxygens (including phenoxy) is 3. The predicted octanol–water partition coefficient (Wildman–Crippen LogP) is 1.79.